The lowest BCUT2D eigenvalue weighted by atomic mass is 10.0. The fourth-order valence-corrected chi connectivity index (χ4v) is 4.44. The Labute approximate surface area is 164 Å². The molecule has 1 fully saturated rings. The summed E-state index contributed by atoms with van der Waals surface area (Å²) < 4.78 is 47.3. The van der Waals surface area contributed by atoms with Gasteiger partial charge < -0.3 is 4.74 Å². The Balaban J connectivity index is 1.83. The molecule has 1 atom stereocenters. The summed E-state index contributed by atoms with van der Waals surface area (Å²) in [4.78, 5) is 1.77. The molecule has 0 saturated carbocycles. The van der Waals surface area contributed by atoms with Crippen LogP contribution in [0.4, 0.5) is 4.39 Å². The third-order valence-corrected chi connectivity index (χ3v) is 6.26. The van der Waals surface area contributed by atoms with Gasteiger partial charge in [-0.2, -0.15) is 0 Å². The molecule has 0 bridgehead atoms. The second-order valence-electron chi connectivity index (χ2n) is 6.50. The minimum absolute atomic E-state index is 0.133. The quantitative estimate of drug-likeness (QED) is 0.791. The first-order valence-electron chi connectivity index (χ1n) is 8.70. The smallest absolute Gasteiger partial charge is 0.243 e. The molecule has 5 nitrogen and oxygen atoms in total. The minimum Gasteiger partial charge on any atom is -0.379 e. The Morgan fingerprint density at radius 1 is 1.22 bits per heavy atom. The molecular weight excluding hydrogens is 391 g/mol. The van der Waals surface area contributed by atoms with Crippen LogP contribution in [-0.4, -0.2) is 46.2 Å². The van der Waals surface area contributed by atoms with Crippen molar-refractivity contribution >= 4 is 21.6 Å². The monoisotopic (exact) mass is 412 g/mol. The van der Waals surface area contributed by atoms with Crippen molar-refractivity contribution in [3.05, 3.63) is 64.4 Å². The van der Waals surface area contributed by atoms with Crippen LogP contribution in [0.2, 0.25) is 5.02 Å². The highest BCUT2D eigenvalue weighted by atomic mass is 35.5. The summed E-state index contributed by atoms with van der Waals surface area (Å²) in [6.45, 7) is 4.73. The van der Waals surface area contributed by atoms with E-state index in [-0.39, 0.29) is 17.6 Å². The average Bonchev–Trinajstić information content (AvgIpc) is 2.62. The Kier molecular flexibility index (Phi) is 6.49. The van der Waals surface area contributed by atoms with Crippen LogP contribution in [0.3, 0.4) is 0 Å². The molecule has 1 heterocycles. The molecule has 2 aromatic carbocycles. The molecule has 2 aromatic rings. The predicted octanol–water partition coefficient (Wildman–Crippen LogP) is 3.14. The number of aryl methyl sites for hydroxylation is 1. The van der Waals surface area contributed by atoms with Crippen LogP contribution in [0.1, 0.15) is 17.2 Å². The SMILES string of the molecule is Cc1cccc(C(CNS(=O)(=O)c2ccc(Cl)cc2F)N2CCOCC2)c1. The molecule has 1 unspecified atom stereocenters. The van der Waals surface area contributed by atoms with E-state index >= 15 is 0 Å². The summed E-state index contributed by atoms with van der Waals surface area (Å²) in [6.07, 6.45) is 0. The summed E-state index contributed by atoms with van der Waals surface area (Å²) in [6, 6.07) is 11.3. The first kappa shape index (κ1) is 20.2. The Morgan fingerprint density at radius 2 is 1.96 bits per heavy atom. The fraction of sp³-hybridized carbons (Fsp3) is 0.368. The van der Waals surface area contributed by atoms with Gasteiger partial charge in [0.05, 0.1) is 13.2 Å². The molecule has 8 heteroatoms. The normalized spacial score (nSPS) is 17.0. The van der Waals surface area contributed by atoms with Crippen molar-refractivity contribution in [1.29, 1.82) is 0 Å². The fourth-order valence-electron chi connectivity index (χ4n) is 3.18. The van der Waals surface area contributed by atoms with Crippen molar-refractivity contribution in [1.82, 2.24) is 9.62 Å². The van der Waals surface area contributed by atoms with Crippen molar-refractivity contribution in [2.24, 2.45) is 0 Å². The van der Waals surface area contributed by atoms with Crippen LogP contribution < -0.4 is 4.72 Å². The van der Waals surface area contributed by atoms with E-state index in [4.69, 9.17) is 16.3 Å². The first-order chi connectivity index (χ1) is 12.9. The molecule has 1 N–H and O–H groups in total. The summed E-state index contributed by atoms with van der Waals surface area (Å²) >= 11 is 5.72. The standard InChI is InChI=1S/C19H22ClFN2O3S/c1-14-3-2-4-15(11-14)18(23-7-9-26-10-8-23)13-22-27(24,25)19-6-5-16(20)12-17(19)21/h2-6,11-12,18,22H,7-10,13H2,1H3. The van der Waals surface area contributed by atoms with E-state index in [0.29, 0.717) is 26.3 Å². The van der Waals surface area contributed by atoms with Gasteiger partial charge in [-0.3, -0.25) is 4.90 Å². The van der Waals surface area contributed by atoms with E-state index < -0.39 is 20.7 Å². The van der Waals surface area contributed by atoms with Gasteiger partial charge in [0.25, 0.3) is 0 Å². The molecule has 0 spiro atoms. The number of morpholine rings is 1. The first-order valence-corrected chi connectivity index (χ1v) is 10.6. The maximum Gasteiger partial charge on any atom is 0.243 e. The number of rotatable bonds is 6. The number of hydrogen-bond acceptors (Lipinski definition) is 4. The third kappa shape index (κ3) is 5.06. The molecule has 0 aromatic heterocycles. The van der Waals surface area contributed by atoms with E-state index in [1.54, 1.807) is 0 Å². The molecular formula is C19H22ClFN2O3S. The molecule has 1 aliphatic heterocycles. The van der Waals surface area contributed by atoms with Crippen LogP contribution in [0.25, 0.3) is 0 Å². The predicted molar refractivity (Wildman–Crippen MR) is 103 cm³/mol. The number of sulfonamides is 1. The summed E-state index contributed by atoms with van der Waals surface area (Å²) in [5.74, 6) is -0.867. The van der Waals surface area contributed by atoms with Crippen molar-refractivity contribution in [3.63, 3.8) is 0 Å². The summed E-state index contributed by atoms with van der Waals surface area (Å²) in [5, 5.41) is 0.150. The maximum absolute atomic E-state index is 14.1. The lowest BCUT2D eigenvalue weighted by molar-refractivity contribution is 0.0172. The highest BCUT2D eigenvalue weighted by Gasteiger charge is 2.26. The number of hydrogen-bond donors (Lipinski definition) is 1. The lowest BCUT2D eigenvalue weighted by Crippen LogP contribution is -2.43. The van der Waals surface area contributed by atoms with Gasteiger partial charge in [0.15, 0.2) is 0 Å². The highest BCUT2D eigenvalue weighted by molar-refractivity contribution is 7.89. The van der Waals surface area contributed by atoms with Gasteiger partial charge in [-0.15, -0.1) is 0 Å². The van der Waals surface area contributed by atoms with Gasteiger partial charge in [0, 0.05) is 30.7 Å². The van der Waals surface area contributed by atoms with Gasteiger partial charge in [0.2, 0.25) is 10.0 Å². The van der Waals surface area contributed by atoms with Crippen molar-refractivity contribution < 1.29 is 17.5 Å². The number of nitrogens with zero attached hydrogens (tertiary/aromatic N) is 1. The number of ether oxygens (including phenoxy) is 1. The molecule has 3 rings (SSSR count). The van der Waals surface area contributed by atoms with Gasteiger partial charge in [-0.05, 0) is 30.7 Å². The average molecular weight is 413 g/mol. The lowest BCUT2D eigenvalue weighted by Gasteiger charge is -2.35. The Bertz CT molecular complexity index is 902. The van der Waals surface area contributed by atoms with Crippen molar-refractivity contribution in [2.75, 3.05) is 32.8 Å². The Hall–Kier alpha value is -1.51. The van der Waals surface area contributed by atoms with E-state index in [2.05, 4.69) is 9.62 Å². The van der Waals surface area contributed by atoms with Crippen LogP contribution >= 0.6 is 11.6 Å². The topological polar surface area (TPSA) is 58.6 Å². The molecule has 146 valence electrons. The van der Waals surface area contributed by atoms with Gasteiger partial charge in [-0.1, -0.05) is 41.4 Å². The number of halogens is 2. The highest BCUT2D eigenvalue weighted by Crippen LogP contribution is 2.24. The van der Waals surface area contributed by atoms with Crippen molar-refractivity contribution in [3.8, 4) is 0 Å². The van der Waals surface area contributed by atoms with E-state index in [1.807, 2.05) is 31.2 Å². The minimum atomic E-state index is -4.00. The van der Waals surface area contributed by atoms with Crippen molar-refractivity contribution in [2.45, 2.75) is 17.9 Å². The van der Waals surface area contributed by atoms with Crippen LogP contribution in [0.5, 0.6) is 0 Å². The summed E-state index contributed by atoms with van der Waals surface area (Å²) in [5.41, 5.74) is 2.11. The molecule has 1 saturated heterocycles. The van der Waals surface area contributed by atoms with Gasteiger partial charge in [-0.25, -0.2) is 17.5 Å². The maximum atomic E-state index is 14.1. The zero-order chi connectivity index (χ0) is 19.4. The van der Waals surface area contributed by atoms with E-state index in [1.165, 1.54) is 12.1 Å². The van der Waals surface area contributed by atoms with E-state index in [9.17, 15) is 12.8 Å². The molecule has 0 radical (unpaired) electrons. The van der Waals surface area contributed by atoms with Crippen LogP contribution in [0, 0.1) is 12.7 Å². The third-order valence-electron chi connectivity index (χ3n) is 4.56. The number of benzene rings is 2. The molecule has 1 aliphatic rings. The molecule has 0 aliphatic carbocycles. The zero-order valence-corrected chi connectivity index (χ0v) is 16.6. The summed E-state index contributed by atoms with van der Waals surface area (Å²) in [7, 11) is -4.00. The zero-order valence-electron chi connectivity index (χ0n) is 15.0. The Morgan fingerprint density at radius 3 is 2.63 bits per heavy atom. The van der Waals surface area contributed by atoms with Gasteiger partial charge in [0.1, 0.15) is 10.7 Å². The second-order valence-corrected chi connectivity index (χ2v) is 8.68. The van der Waals surface area contributed by atoms with Gasteiger partial charge >= 0.3 is 0 Å². The van der Waals surface area contributed by atoms with Crippen LogP contribution in [0.15, 0.2) is 47.4 Å². The molecule has 0 amide bonds. The number of nitrogens with one attached hydrogen (secondary N) is 1. The largest absolute Gasteiger partial charge is 0.379 e. The molecule has 27 heavy (non-hydrogen) atoms. The van der Waals surface area contributed by atoms with Crippen LogP contribution in [-0.2, 0) is 14.8 Å². The second kappa shape index (κ2) is 8.67. The van der Waals surface area contributed by atoms with E-state index in [0.717, 1.165) is 17.2 Å².